The number of benzene rings is 2. The average molecular weight is 426 g/mol. The number of amides is 1. The zero-order valence-electron chi connectivity index (χ0n) is 16.6. The molecule has 0 atom stereocenters. The highest BCUT2D eigenvalue weighted by atomic mass is 32.2. The molecule has 156 valence electrons. The predicted octanol–water partition coefficient (Wildman–Crippen LogP) is 4.46. The minimum atomic E-state index is -0.377. The number of carbonyl (C=O) groups is 1. The number of rotatable bonds is 5. The Morgan fingerprint density at radius 1 is 1.07 bits per heavy atom. The van der Waals surface area contributed by atoms with Crippen molar-refractivity contribution in [1.82, 2.24) is 14.9 Å². The summed E-state index contributed by atoms with van der Waals surface area (Å²) >= 11 is 1.22. The Bertz CT molecular complexity index is 1090. The van der Waals surface area contributed by atoms with Gasteiger partial charge in [-0.15, -0.1) is 0 Å². The summed E-state index contributed by atoms with van der Waals surface area (Å²) in [6, 6.07) is 13.0. The molecule has 3 aromatic rings. The third-order valence-electron chi connectivity index (χ3n) is 5.38. The Hall–Kier alpha value is -2.67. The average Bonchev–Trinajstić information content (AvgIpc) is 3.02. The first-order valence-electron chi connectivity index (χ1n) is 10.3. The maximum absolute atomic E-state index is 13.4. The molecule has 30 heavy (non-hydrogen) atoms. The third kappa shape index (κ3) is 4.73. The summed E-state index contributed by atoms with van der Waals surface area (Å²) < 4.78 is 14.9. The van der Waals surface area contributed by atoms with Crippen LogP contribution in [0.1, 0.15) is 38.5 Å². The summed E-state index contributed by atoms with van der Waals surface area (Å²) in [6.07, 6.45) is 6.79. The van der Waals surface area contributed by atoms with Gasteiger partial charge in [-0.25, -0.2) is 9.37 Å². The fourth-order valence-corrected chi connectivity index (χ4v) is 4.67. The lowest BCUT2D eigenvalue weighted by Gasteiger charge is -2.17. The second-order valence-electron chi connectivity index (χ2n) is 7.57. The molecule has 0 bridgehead atoms. The van der Waals surface area contributed by atoms with Crippen molar-refractivity contribution in [3.63, 3.8) is 0 Å². The van der Waals surface area contributed by atoms with E-state index in [1.54, 1.807) is 30.3 Å². The van der Waals surface area contributed by atoms with Crippen LogP contribution in [0.15, 0.2) is 58.5 Å². The second kappa shape index (κ2) is 9.43. The van der Waals surface area contributed by atoms with Crippen LogP contribution in [0.4, 0.5) is 4.39 Å². The number of hydrogen-bond acceptors (Lipinski definition) is 4. The predicted molar refractivity (Wildman–Crippen MR) is 118 cm³/mol. The van der Waals surface area contributed by atoms with Gasteiger partial charge in [0.2, 0.25) is 5.91 Å². The lowest BCUT2D eigenvalue weighted by atomic mass is 10.1. The molecule has 1 aliphatic rings. The van der Waals surface area contributed by atoms with E-state index in [0.717, 1.165) is 25.7 Å². The van der Waals surface area contributed by atoms with Crippen molar-refractivity contribution in [2.45, 2.75) is 49.7 Å². The normalized spacial score (nSPS) is 15.1. The van der Waals surface area contributed by atoms with E-state index in [-0.39, 0.29) is 29.1 Å². The highest BCUT2D eigenvalue weighted by Gasteiger charge is 2.17. The van der Waals surface area contributed by atoms with Gasteiger partial charge < -0.3 is 5.32 Å². The SMILES string of the molecule is O=C(CSc1nc2ccccc2c(=O)n1-c1ccc(F)cc1)NC1CCCCCC1. The summed E-state index contributed by atoms with van der Waals surface area (Å²) in [4.78, 5) is 30.3. The van der Waals surface area contributed by atoms with Gasteiger partial charge in [0.25, 0.3) is 5.56 Å². The zero-order chi connectivity index (χ0) is 20.9. The molecular formula is C23H24FN3O2S. The molecule has 0 unspecified atom stereocenters. The van der Waals surface area contributed by atoms with Crippen molar-refractivity contribution in [3.05, 3.63) is 64.7 Å². The molecule has 1 aliphatic carbocycles. The van der Waals surface area contributed by atoms with Gasteiger partial charge in [0.15, 0.2) is 5.16 Å². The van der Waals surface area contributed by atoms with E-state index >= 15 is 0 Å². The van der Waals surface area contributed by atoms with Crippen LogP contribution in [-0.2, 0) is 4.79 Å². The summed E-state index contributed by atoms with van der Waals surface area (Å²) in [5.41, 5.74) is 0.859. The van der Waals surface area contributed by atoms with Gasteiger partial charge in [0.05, 0.1) is 22.3 Å². The van der Waals surface area contributed by atoms with Gasteiger partial charge >= 0.3 is 0 Å². The minimum absolute atomic E-state index is 0.0556. The molecule has 0 radical (unpaired) electrons. The van der Waals surface area contributed by atoms with Crippen LogP contribution in [-0.4, -0.2) is 27.3 Å². The highest BCUT2D eigenvalue weighted by Crippen LogP contribution is 2.22. The third-order valence-corrected chi connectivity index (χ3v) is 6.32. The molecule has 7 heteroatoms. The lowest BCUT2D eigenvalue weighted by molar-refractivity contribution is -0.119. The number of halogens is 1. The Kier molecular flexibility index (Phi) is 6.47. The highest BCUT2D eigenvalue weighted by molar-refractivity contribution is 7.99. The standard InChI is InChI=1S/C23H24FN3O2S/c24-16-11-13-18(14-12-16)27-22(29)19-9-5-6-10-20(19)26-23(27)30-15-21(28)25-17-7-3-1-2-4-8-17/h5-6,9-14,17H,1-4,7-8,15H2,(H,25,28). The molecule has 4 rings (SSSR count). The number of nitrogens with zero attached hydrogens (tertiary/aromatic N) is 2. The molecule has 1 heterocycles. The monoisotopic (exact) mass is 425 g/mol. The van der Waals surface area contributed by atoms with Crippen LogP contribution in [0.3, 0.4) is 0 Å². The van der Waals surface area contributed by atoms with Crippen molar-refractivity contribution in [2.75, 3.05) is 5.75 Å². The maximum atomic E-state index is 13.4. The molecule has 0 saturated heterocycles. The number of aromatic nitrogens is 2. The molecule has 5 nitrogen and oxygen atoms in total. The van der Waals surface area contributed by atoms with Gasteiger partial charge in [-0.05, 0) is 49.2 Å². The molecule has 1 N–H and O–H groups in total. The number of fused-ring (bicyclic) bond motifs is 1. The van der Waals surface area contributed by atoms with Crippen LogP contribution in [0.5, 0.6) is 0 Å². The van der Waals surface area contributed by atoms with E-state index in [0.29, 0.717) is 21.7 Å². The van der Waals surface area contributed by atoms with Crippen molar-refractivity contribution in [1.29, 1.82) is 0 Å². The largest absolute Gasteiger partial charge is 0.353 e. The van der Waals surface area contributed by atoms with Crippen LogP contribution < -0.4 is 10.9 Å². The number of hydrogen-bond donors (Lipinski definition) is 1. The number of nitrogens with one attached hydrogen (secondary N) is 1. The minimum Gasteiger partial charge on any atom is -0.353 e. The van der Waals surface area contributed by atoms with E-state index in [9.17, 15) is 14.0 Å². The van der Waals surface area contributed by atoms with Crippen LogP contribution >= 0.6 is 11.8 Å². The first-order chi connectivity index (χ1) is 14.6. The van der Waals surface area contributed by atoms with E-state index in [4.69, 9.17) is 0 Å². The summed E-state index contributed by atoms with van der Waals surface area (Å²) in [7, 11) is 0. The molecular weight excluding hydrogens is 401 g/mol. The van der Waals surface area contributed by atoms with Crippen molar-refractivity contribution in [2.24, 2.45) is 0 Å². The van der Waals surface area contributed by atoms with Gasteiger partial charge in [-0.3, -0.25) is 14.2 Å². The van der Waals surface area contributed by atoms with E-state index in [1.165, 1.54) is 41.3 Å². The Morgan fingerprint density at radius 2 is 1.77 bits per heavy atom. The summed E-state index contributed by atoms with van der Waals surface area (Å²) in [5, 5.41) is 4.02. The van der Waals surface area contributed by atoms with Crippen LogP contribution in [0.25, 0.3) is 16.6 Å². The molecule has 2 aromatic carbocycles. The fourth-order valence-electron chi connectivity index (χ4n) is 3.85. The smallest absolute Gasteiger partial charge is 0.266 e. The Labute approximate surface area is 178 Å². The van der Waals surface area contributed by atoms with Crippen molar-refractivity contribution in [3.8, 4) is 5.69 Å². The second-order valence-corrected chi connectivity index (χ2v) is 8.52. The van der Waals surface area contributed by atoms with Crippen LogP contribution in [0, 0.1) is 5.82 Å². The number of para-hydroxylation sites is 1. The molecule has 1 amide bonds. The van der Waals surface area contributed by atoms with Gasteiger partial charge in [0.1, 0.15) is 5.82 Å². The molecule has 0 spiro atoms. The lowest BCUT2D eigenvalue weighted by Crippen LogP contribution is -2.35. The topological polar surface area (TPSA) is 64.0 Å². The van der Waals surface area contributed by atoms with Gasteiger partial charge in [-0.1, -0.05) is 49.6 Å². The van der Waals surface area contributed by atoms with Crippen molar-refractivity contribution < 1.29 is 9.18 Å². The van der Waals surface area contributed by atoms with E-state index in [1.807, 2.05) is 6.07 Å². The van der Waals surface area contributed by atoms with Crippen LogP contribution in [0.2, 0.25) is 0 Å². The maximum Gasteiger partial charge on any atom is 0.266 e. The fraction of sp³-hybridized carbons (Fsp3) is 0.348. The first kappa shape index (κ1) is 20.6. The number of thioether (sulfide) groups is 1. The first-order valence-corrected chi connectivity index (χ1v) is 11.3. The molecule has 1 saturated carbocycles. The Morgan fingerprint density at radius 3 is 2.50 bits per heavy atom. The van der Waals surface area contributed by atoms with Gasteiger partial charge in [0, 0.05) is 6.04 Å². The van der Waals surface area contributed by atoms with E-state index < -0.39 is 0 Å². The molecule has 1 aromatic heterocycles. The van der Waals surface area contributed by atoms with Crippen molar-refractivity contribution >= 4 is 28.6 Å². The van der Waals surface area contributed by atoms with E-state index in [2.05, 4.69) is 10.3 Å². The van der Waals surface area contributed by atoms with Gasteiger partial charge in [-0.2, -0.15) is 0 Å². The summed E-state index contributed by atoms with van der Waals surface area (Å²) in [5.74, 6) is -0.264. The quantitative estimate of drug-likeness (QED) is 0.373. The zero-order valence-corrected chi connectivity index (χ0v) is 17.5. The molecule has 1 fully saturated rings. The number of carbonyl (C=O) groups excluding carboxylic acids is 1. The summed E-state index contributed by atoms with van der Waals surface area (Å²) in [6.45, 7) is 0. The Balaban J connectivity index is 1.60. The molecule has 0 aliphatic heterocycles.